The number of anilines is 3. The molecule has 0 saturated heterocycles. The van der Waals surface area contributed by atoms with Crippen LogP contribution in [0.15, 0.2) is 194 Å². The molecule has 0 N–H and O–H groups in total. The first kappa shape index (κ1) is 30.3. The lowest BCUT2D eigenvalue weighted by atomic mass is 9.81. The van der Waals surface area contributed by atoms with E-state index in [1.165, 1.54) is 43.8 Å². The summed E-state index contributed by atoms with van der Waals surface area (Å²) in [6.07, 6.45) is 1.02. The van der Waals surface area contributed by atoms with Crippen molar-refractivity contribution >= 4 is 49.5 Å². The second-order valence-corrected chi connectivity index (χ2v) is 13.9. The molecule has 2 atom stereocenters. The number of hydrogen-bond acceptors (Lipinski definition) is 2. The van der Waals surface area contributed by atoms with Crippen molar-refractivity contribution in [3.05, 3.63) is 216 Å². The van der Waals surface area contributed by atoms with Crippen molar-refractivity contribution in [3.63, 3.8) is 0 Å². The summed E-state index contributed by atoms with van der Waals surface area (Å²) in [5.74, 6) is 0.645. The summed E-state index contributed by atoms with van der Waals surface area (Å²) < 4.78 is 0. The first-order chi connectivity index (χ1) is 25.8. The molecule has 0 amide bonds. The number of benzene rings is 8. The quantitative estimate of drug-likeness (QED) is 0.164. The van der Waals surface area contributed by atoms with E-state index in [1.54, 1.807) is 0 Å². The molecule has 0 saturated carbocycles. The number of para-hydroxylation sites is 2. The van der Waals surface area contributed by atoms with E-state index in [2.05, 4.69) is 199 Å². The molecule has 1 heterocycles. The van der Waals surface area contributed by atoms with Gasteiger partial charge in [-0.05, 0) is 87.8 Å². The lowest BCUT2D eigenvalue weighted by Gasteiger charge is -2.26. The van der Waals surface area contributed by atoms with Crippen LogP contribution < -0.4 is 4.90 Å². The molecule has 1 aliphatic carbocycles. The molecule has 1 aromatic heterocycles. The number of hydrogen-bond donors (Lipinski definition) is 0. The molecule has 2 heteroatoms. The van der Waals surface area contributed by atoms with E-state index in [9.17, 15) is 0 Å². The Kier molecular flexibility index (Phi) is 7.39. The Labute approximate surface area is 304 Å². The molecule has 246 valence electrons. The second kappa shape index (κ2) is 12.7. The highest BCUT2D eigenvalue weighted by molar-refractivity contribution is 6.22. The maximum absolute atomic E-state index is 5.57. The molecule has 0 fully saturated rings. The molecule has 2 unspecified atom stereocenters. The molecule has 9 aromatic rings. The molecule has 0 aliphatic heterocycles. The Bertz CT molecular complexity index is 2680. The second-order valence-electron chi connectivity index (χ2n) is 13.9. The minimum atomic E-state index is 0.308. The van der Waals surface area contributed by atoms with E-state index in [1.807, 2.05) is 0 Å². The topological polar surface area (TPSA) is 16.1 Å². The van der Waals surface area contributed by atoms with Crippen LogP contribution in [-0.4, -0.2) is 4.98 Å². The molecular weight excluding hydrogens is 629 g/mol. The highest BCUT2D eigenvalue weighted by atomic mass is 15.1. The Morgan fingerprint density at radius 2 is 1.12 bits per heavy atom. The van der Waals surface area contributed by atoms with Crippen LogP contribution in [-0.2, 0) is 6.42 Å². The molecule has 2 nitrogen and oxygen atoms in total. The van der Waals surface area contributed by atoms with Gasteiger partial charge in [0.2, 0.25) is 0 Å². The molecule has 0 spiro atoms. The SMILES string of the molecule is c1ccc(C2c3ccccc3CC2c2cccc(-c3nc4cc(N(c5ccccc5)c5ccccc5)ccc4c4c3ccc3ccccc34)c2)cc1. The minimum Gasteiger partial charge on any atom is -0.310 e. The van der Waals surface area contributed by atoms with Crippen molar-refractivity contribution in [1.29, 1.82) is 0 Å². The number of aromatic nitrogens is 1. The van der Waals surface area contributed by atoms with E-state index < -0.39 is 0 Å². The predicted octanol–water partition coefficient (Wildman–Crippen LogP) is 13.1. The van der Waals surface area contributed by atoms with Gasteiger partial charge in [0.25, 0.3) is 0 Å². The van der Waals surface area contributed by atoms with E-state index in [4.69, 9.17) is 4.98 Å². The third kappa shape index (κ3) is 5.15. The van der Waals surface area contributed by atoms with Crippen LogP contribution >= 0.6 is 0 Å². The Morgan fingerprint density at radius 1 is 0.462 bits per heavy atom. The normalized spacial score (nSPS) is 15.2. The molecule has 10 rings (SSSR count). The molecule has 0 bridgehead atoms. The van der Waals surface area contributed by atoms with Crippen molar-refractivity contribution in [2.45, 2.75) is 18.3 Å². The van der Waals surface area contributed by atoms with Crippen LogP contribution in [0.3, 0.4) is 0 Å². The summed E-state index contributed by atoms with van der Waals surface area (Å²) in [5.41, 5.74) is 12.1. The monoisotopic (exact) mass is 664 g/mol. The maximum Gasteiger partial charge on any atom is 0.0788 e. The van der Waals surface area contributed by atoms with Crippen molar-refractivity contribution < 1.29 is 0 Å². The van der Waals surface area contributed by atoms with Gasteiger partial charge in [-0.3, -0.25) is 0 Å². The fourth-order valence-electron chi connectivity index (χ4n) is 8.62. The summed E-state index contributed by atoms with van der Waals surface area (Å²) in [7, 11) is 0. The number of rotatable bonds is 6. The van der Waals surface area contributed by atoms with Crippen LogP contribution in [0.25, 0.3) is 43.7 Å². The third-order valence-corrected chi connectivity index (χ3v) is 10.9. The van der Waals surface area contributed by atoms with Crippen molar-refractivity contribution in [2.24, 2.45) is 0 Å². The number of nitrogens with zero attached hydrogens (tertiary/aromatic N) is 2. The Hall–Kier alpha value is -6.51. The summed E-state index contributed by atoms with van der Waals surface area (Å²) in [6.45, 7) is 0. The molecule has 52 heavy (non-hydrogen) atoms. The average Bonchev–Trinajstić information content (AvgIpc) is 3.61. The minimum absolute atomic E-state index is 0.308. The lowest BCUT2D eigenvalue weighted by molar-refractivity contribution is 0.657. The summed E-state index contributed by atoms with van der Waals surface area (Å²) in [6, 6.07) is 70.5. The molecule has 8 aromatic carbocycles. The van der Waals surface area contributed by atoms with Gasteiger partial charge < -0.3 is 4.90 Å². The van der Waals surface area contributed by atoms with Gasteiger partial charge in [0.15, 0.2) is 0 Å². The van der Waals surface area contributed by atoms with Gasteiger partial charge in [-0.2, -0.15) is 0 Å². The first-order valence-corrected chi connectivity index (χ1v) is 18.2. The lowest BCUT2D eigenvalue weighted by Crippen LogP contribution is -2.09. The Morgan fingerprint density at radius 3 is 1.90 bits per heavy atom. The van der Waals surface area contributed by atoms with Gasteiger partial charge in [0.1, 0.15) is 0 Å². The van der Waals surface area contributed by atoms with Gasteiger partial charge in [0, 0.05) is 44.7 Å². The van der Waals surface area contributed by atoms with Crippen LogP contribution in [0.4, 0.5) is 17.1 Å². The zero-order valence-electron chi connectivity index (χ0n) is 28.7. The fraction of sp³-hybridized carbons (Fsp3) is 0.0600. The zero-order chi connectivity index (χ0) is 34.4. The molecule has 1 aliphatic rings. The van der Waals surface area contributed by atoms with E-state index in [0.29, 0.717) is 11.8 Å². The van der Waals surface area contributed by atoms with Gasteiger partial charge in [0.05, 0.1) is 11.2 Å². The Balaban J connectivity index is 1.18. The number of fused-ring (bicyclic) bond motifs is 6. The van der Waals surface area contributed by atoms with Crippen LogP contribution in [0, 0.1) is 0 Å². The van der Waals surface area contributed by atoms with Crippen molar-refractivity contribution in [1.82, 2.24) is 4.98 Å². The zero-order valence-corrected chi connectivity index (χ0v) is 28.7. The van der Waals surface area contributed by atoms with E-state index >= 15 is 0 Å². The standard InChI is InChI=1S/C50H36N2/c1-4-16-35(17-5-1)48-43-26-13-11-18-37(43)32-46(48)36-19-14-20-38(31-36)50-45-29-27-34-15-10-12-25-42(34)49(45)44-30-28-41(33-47(44)51-50)52(39-21-6-2-7-22-39)40-23-8-3-9-24-40/h1-31,33,46,48H,32H2. The average molecular weight is 665 g/mol. The van der Waals surface area contributed by atoms with Gasteiger partial charge in [-0.15, -0.1) is 0 Å². The van der Waals surface area contributed by atoms with Crippen LogP contribution in [0.5, 0.6) is 0 Å². The maximum atomic E-state index is 5.57. The summed E-state index contributed by atoms with van der Waals surface area (Å²) >= 11 is 0. The van der Waals surface area contributed by atoms with E-state index in [0.717, 1.165) is 45.6 Å². The van der Waals surface area contributed by atoms with Gasteiger partial charge >= 0.3 is 0 Å². The van der Waals surface area contributed by atoms with Crippen molar-refractivity contribution in [3.8, 4) is 11.3 Å². The third-order valence-electron chi connectivity index (χ3n) is 10.9. The van der Waals surface area contributed by atoms with Crippen molar-refractivity contribution in [2.75, 3.05) is 4.90 Å². The van der Waals surface area contributed by atoms with Gasteiger partial charge in [-0.25, -0.2) is 4.98 Å². The van der Waals surface area contributed by atoms with Gasteiger partial charge in [-0.1, -0.05) is 152 Å². The van der Waals surface area contributed by atoms with Crippen LogP contribution in [0.2, 0.25) is 0 Å². The van der Waals surface area contributed by atoms with E-state index in [-0.39, 0.29) is 0 Å². The van der Waals surface area contributed by atoms with Crippen LogP contribution in [0.1, 0.15) is 34.1 Å². The highest BCUT2D eigenvalue weighted by Crippen LogP contribution is 2.49. The highest BCUT2D eigenvalue weighted by Gasteiger charge is 2.34. The largest absolute Gasteiger partial charge is 0.310 e. The summed E-state index contributed by atoms with van der Waals surface area (Å²) in [5, 5.41) is 6.06. The fourth-order valence-corrected chi connectivity index (χ4v) is 8.62. The molecular formula is C50H36N2. The molecule has 0 radical (unpaired) electrons. The summed E-state index contributed by atoms with van der Waals surface area (Å²) in [4.78, 5) is 7.88. The predicted molar refractivity (Wildman–Crippen MR) is 218 cm³/mol. The number of pyridine rings is 1. The first-order valence-electron chi connectivity index (χ1n) is 18.2. The smallest absolute Gasteiger partial charge is 0.0788 e.